The summed E-state index contributed by atoms with van der Waals surface area (Å²) in [6.45, 7) is 0. The highest BCUT2D eigenvalue weighted by Crippen LogP contribution is 2.29. The van der Waals surface area contributed by atoms with Gasteiger partial charge in [-0.3, -0.25) is 4.79 Å². The predicted octanol–water partition coefficient (Wildman–Crippen LogP) is 3.66. The van der Waals surface area contributed by atoms with E-state index in [9.17, 15) is 4.79 Å². The quantitative estimate of drug-likeness (QED) is 0.621. The minimum absolute atomic E-state index is 0.0468. The van der Waals surface area contributed by atoms with Gasteiger partial charge in [0.1, 0.15) is 11.5 Å². The number of carbonyl (C=O) groups excluding carboxylic acids is 1. The molecule has 0 N–H and O–H groups in total. The molecule has 0 atom stereocenters. The van der Waals surface area contributed by atoms with Crippen LogP contribution in [0.3, 0.4) is 0 Å². The molecular formula is C16H16O3S. The molecule has 0 saturated heterocycles. The molecule has 0 saturated carbocycles. The average molecular weight is 288 g/mol. The molecule has 0 spiro atoms. The van der Waals surface area contributed by atoms with Crippen LogP contribution in [0.1, 0.15) is 15.9 Å². The molecule has 2 aromatic carbocycles. The van der Waals surface area contributed by atoms with Gasteiger partial charge in [0.15, 0.2) is 5.78 Å². The van der Waals surface area contributed by atoms with Gasteiger partial charge in [0.25, 0.3) is 0 Å². The molecule has 0 aliphatic rings. The first-order valence-electron chi connectivity index (χ1n) is 6.11. The maximum Gasteiger partial charge on any atom is 0.197 e. The number of ketones is 1. The highest BCUT2D eigenvalue weighted by Gasteiger charge is 2.17. The van der Waals surface area contributed by atoms with Crippen LogP contribution in [0.25, 0.3) is 0 Å². The van der Waals surface area contributed by atoms with E-state index in [-0.39, 0.29) is 5.78 Å². The third-order valence-electron chi connectivity index (χ3n) is 3.00. The topological polar surface area (TPSA) is 35.5 Å². The van der Waals surface area contributed by atoms with E-state index in [2.05, 4.69) is 0 Å². The smallest absolute Gasteiger partial charge is 0.197 e. The second-order valence-electron chi connectivity index (χ2n) is 4.10. The van der Waals surface area contributed by atoms with Gasteiger partial charge >= 0.3 is 0 Å². The number of hydrogen-bond donors (Lipinski definition) is 0. The number of hydrogen-bond acceptors (Lipinski definition) is 4. The van der Waals surface area contributed by atoms with Crippen molar-refractivity contribution in [3.63, 3.8) is 0 Å². The van der Waals surface area contributed by atoms with E-state index in [0.29, 0.717) is 22.6 Å². The molecule has 0 aromatic heterocycles. The fraction of sp³-hybridized carbons (Fsp3) is 0.188. The average Bonchev–Trinajstić information content (AvgIpc) is 2.53. The van der Waals surface area contributed by atoms with Crippen LogP contribution in [0, 0.1) is 0 Å². The first kappa shape index (κ1) is 14.5. The first-order valence-corrected chi connectivity index (χ1v) is 7.33. The highest BCUT2D eigenvalue weighted by atomic mass is 32.2. The van der Waals surface area contributed by atoms with E-state index in [1.54, 1.807) is 44.2 Å². The van der Waals surface area contributed by atoms with E-state index in [0.717, 1.165) is 4.90 Å². The molecule has 2 rings (SSSR count). The molecular weight excluding hydrogens is 272 g/mol. The van der Waals surface area contributed by atoms with Crippen LogP contribution in [0.15, 0.2) is 47.4 Å². The fourth-order valence-electron chi connectivity index (χ4n) is 1.96. The van der Waals surface area contributed by atoms with Crippen molar-refractivity contribution in [2.75, 3.05) is 20.5 Å². The molecule has 0 bridgehead atoms. The minimum Gasteiger partial charge on any atom is -0.497 e. The lowest BCUT2D eigenvalue weighted by molar-refractivity contribution is 0.103. The monoisotopic (exact) mass is 288 g/mol. The second-order valence-corrected chi connectivity index (χ2v) is 4.94. The molecule has 104 valence electrons. The van der Waals surface area contributed by atoms with Gasteiger partial charge in [-0.15, -0.1) is 11.8 Å². The summed E-state index contributed by atoms with van der Waals surface area (Å²) in [5, 5.41) is 0. The Morgan fingerprint density at radius 2 is 1.75 bits per heavy atom. The van der Waals surface area contributed by atoms with Crippen LogP contribution in [0.2, 0.25) is 0 Å². The normalized spacial score (nSPS) is 10.2. The van der Waals surface area contributed by atoms with Gasteiger partial charge in [0.05, 0.1) is 19.8 Å². The number of carbonyl (C=O) groups is 1. The molecule has 0 radical (unpaired) electrons. The number of ether oxygens (including phenoxy) is 2. The number of benzene rings is 2. The Balaban J connectivity index is 2.48. The van der Waals surface area contributed by atoms with Gasteiger partial charge in [-0.1, -0.05) is 12.1 Å². The molecule has 20 heavy (non-hydrogen) atoms. The predicted molar refractivity (Wildman–Crippen MR) is 81.2 cm³/mol. The summed E-state index contributed by atoms with van der Waals surface area (Å²) in [4.78, 5) is 13.6. The molecule has 4 heteroatoms. The molecule has 0 heterocycles. The van der Waals surface area contributed by atoms with Gasteiger partial charge in [-0.2, -0.15) is 0 Å². The Labute approximate surface area is 122 Å². The maximum atomic E-state index is 12.7. The van der Waals surface area contributed by atoms with Crippen molar-refractivity contribution < 1.29 is 14.3 Å². The van der Waals surface area contributed by atoms with E-state index in [1.807, 2.05) is 30.5 Å². The van der Waals surface area contributed by atoms with Crippen molar-refractivity contribution in [1.82, 2.24) is 0 Å². The zero-order chi connectivity index (χ0) is 14.5. The third kappa shape index (κ3) is 2.80. The SMILES string of the molecule is COc1ccc(C(=O)c2ccccc2SC)c(OC)c1. The minimum atomic E-state index is -0.0468. The van der Waals surface area contributed by atoms with Gasteiger partial charge < -0.3 is 9.47 Å². The lowest BCUT2D eigenvalue weighted by Gasteiger charge is -2.11. The Morgan fingerprint density at radius 3 is 2.40 bits per heavy atom. The molecule has 0 fully saturated rings. The van der Waals surface area contributed by atoms with Crippen LogP contribution in [0.5, 0.6) is 11.5 Å². The van der Waals surface area contributed by atoms with Crippen LogP contribution >= 0.6 is 11.8 Å². The van der Waals surface area contributed by atoms with Crippen molar-refractivity contribution >= 4 is 17.5 Å². The Morgan fingerprint density at radius 1 is 1.00 bits per heavy atom. The van der Waals surface area contributed by atoms with Crippen molar-refractivity contribution in [1.29, 1.82) is 0 Å². The Bertz CT molecular complexity index is 623. The standard InChI is InChI=1S/C16H16O3S/c1-18-11-8-9-12(14(10-11)19-2)16(17)13-6-4-5-7-15(13)20-3/h4-10H,1-3H3. The lowest BCUT2D eigenvalue weighted by atomic mass is 10.0. The van der Waals surface area contributed by atoms with Crippen molar-refractivity contribution in [3.05, 3.63) is 53.6 Å². The van der Waals surface area contributed by atoms with Crippen LogP contribution in [0.4, 0.5) is 0 Å². The molecule has 0 unspecified atom stereocenters. The zero-order valence-electron chi connectivity index (χ0n) is 11.7. The van der Waals surface area contributed by atoms with Crippen LogP contribution in [-0.4, -0.2) is 26.3 Å². The second kappa shape index (κ2) is 6.48. The summed E-state index contributed by atoms with van der Waals surface area (Å²) < 4.78 is 10.4. The van der Waals surface area contributed by atoms with Crippen molar-refractivity contribution in [3.8, 4) is 11.5 Å². The van der Waals surface area contributed by atoms with Crippen molar-refractivity contribution in [2.45, 2.75) is 4.90 Å². The molecule has 0 aliphatic carbocycles. The lowest BCUT2D eigenvalue weighted by Crippen LogP contribution is -2.05. The largest absolute Gasteiger partial charge is 0.497 e. The summed E-state index contributed by atoms with van der Waals surface area (Å²) in [6, 6.07) is 12.8. The number of methoxy groups -OCH3 is 2. The Hall–Kier alpha value is -1.94. The molecule has 0 amide bonds. The summed E-state index contributed by atoms with van der Waals surface area (Å²) in [7, 11) is 3.13. The van der Waals surface area contributed by atoms with E-state index >= 15 is 0 Å². The highest BCUT2D eigenvalue weighted by molar-refractivity contribution is 7.98. The maximum absolute atomic E-state index is 12.7. The summed E-state index contributed by atoms with van der Waals surface area (Å²) in [6.07, 6.45) is 1.96. The molecule has 2 aromatic rings. The summed E-state index contributed by atoms with van der Waals surface area (Å²) in [5.74, 6) is 1.14. The third-order valence-corrected chi connectivity index (χ3v) is 3.80. The molecule has 0 aliphatic heterocycles. The van der Waals surface area contributed by atoms with Gasteiger partial charge in [0.2, 0.25) is 0 Å². The Kier molecular flexibility index (Phi) is 4.69. The number of rotatable bonds is 5. The number of thioether (sulfide) groups is 1. The van der Waals surface area contributed by atoms with Crippen LogP contribution < -0.4 is 9.47 Å². The van der Waals surface area contributed by atoms with Gasteiger partial charge in [-0.25, -0.2) is 0 Å². The van der Waals surface area contributed by atoms with E-state index < -0.39 is 0 Å². The summed E-state index contributed by atoms with van der Waals surface area (Å²) in [5.41, 5.74) is 1.22. The van der Waals surface area contributed by atoms with E-state index in [1.165, 1.54) is 0 Å². The van der Waals surface area contributed by atoms with Crippen LogP contribution in [-0.2, 0) is 0 Å². The van der Waals surface area contributed by atoms with Crippen molar-refractivity contribution in [2.24, 2.45) is 0 Å². The zero-order valence-corrected chi connectivity index (χ0v) is 12.5. The first-order chi connectivity index (χ1) is 9.71. The summed E-state index contributed by atoms with van der Waals surface area (Å²) >= 11 is 1.55. The molecule has 3 nitrogen and oxygen atoms in total. The van der Waals surface area contributed by atoms with Gasteiger partial charge in [-0.05, 0) is 30.5 Å². The van der Waals surface area contributed by atoms with Gasteiger partial charge in [0, 0.05) is 16.5 Å². The van der Waals surface area contributed by atoms with E-state index in [4.69, 9.17) is 9.47 Å². The fourth-order valence-corrected chi connectivity index (χ4v) is 2.56.